The number of nitrogens with one attached hydrogen (secondary N) is 1. The van der Waals surface area contributed by atoms with Gasteiger partial charge < -0.3 is 15.8 Å². The lowest BCUT2D eigenvalue weighted by molar-refractivity contribution is -0.126. The Hall–Kier alpha value is -1.26. The Labute approximate surface area is 139 Å². The van der Waals surface area contributed by atoms with Crippen LogP contribution in [-0.4, -0.2) is 24.1 Å². The molecule has 1 aromatic rings. The summed E-state index contributed by atoms with van der Waals surface area (Å²) in [5, 5.41) is 2.97. The van der Waals surface area contributed by atoms with Crippen molar-refractivity contribution >= 4 is 18.3 Å². The van der Waals surface area contributed by atoms with E-state index in [1.165, 1.54) is 0 Å². The molecule has 1 unspecified atom stereocenters. The van der Waals surface area contributed by atoms with E-state index in [1.807, 2.05) is 31.2 Å². The van der Waals surface area contributed by atoms with Gasteiger partial charge >= 0.3 is 0 Å². The number of rotatable bonds is 6. The van der Waals surface area contributed by atoms with E-state index in [0.717, 1.165) is 43.4 Å². The molecule has 0 bridgehead atoms. The van der Waals surface area contributed by atoms with Crippen LogP contribution in [0.2, 0.25) is 0 Å². The standard InChI is InChI=1S/C17H26N2O2.ClH/c1-3-14(21-15-9-5-4-8-13(15)2)12-19-16(20)17(18)10-6-7-11-17;/h4-5,8-9,14H,3,6-7,10-12,18H2,1-2H3,(H,19,20);1H. The first-order valence-electron chi connectivity index (χ1n) is 7.84. The number of ether oxygens (including phenoxy) is 1. The maximum atomic E-state index is 12.2. The Kier molecular flexibility index (Phi) is 7.17. The molecule has 0 spiro atoms. The lowest BCUT2D eigenvalue weighted by Gasteiger charge is -2.25. The number of para-hydroxylation sites is 1. The first kappa shape index (κ1) is 18.8. The summed E-state index contributed by atoms with van der Waals surface area (Å²) in [6.07, 6.45) is 4.47. The molecule has 0 heterocycles. The van der Waals surface area contributed by atoms with Gasteiger partial charge in [-0.3, -0.25) is 4.79 Å². The van der Waals surface area contributed by atoms with Gasteiger partial charge in [-0.05, 0) is 37.8 Å². The van der Waals surface area contributed by atoms with Gasteiger partial charge in [-0.15, -0.1) is 12.4 Å². The van der Waals surface area contributed by atoms with Crippen LogP contribution in [0.15, 0.2) is 24.3 Å². The number of hydrogen-bond acceptors (Lipinski definition) is 3. The van der Waals surface area contributed by atoms with Gasteiger partial charge in [-0.1, -0.05) is 38.0 Å². The highest BCUT2D eigenvalue weighted by atomic mass is 35.5. The third kappa shape index (κ3) is 4.62. The normalized spacial score (nSPS) is 17.4. The third-order valence-corrected chi connectivity index (χ3v) is 4.28. The molecule has 0 aliphatic heterocycles. The Morgan fingerprint density at radius 2 is 2.00 bits per heavy atom. The highest BCUT2D eigenvalue weighted by molar-refractivity contribution is 5.86. The number of carbonyl (C=O) groups is 1. The van der Waals surface area contributed by atoms with Crippen LogP contribution in [0, 0.1) is 6.92 Å². The fraction of sp³-hybridized carbons (Fsp3) is 0.588. The van der Waals surface area contributed by atoms with Crippen molar-refractivity contribution in [2.75, 3.05) is 6.54 Å². The summed E-state index contributed by atoms with van der Waals surface area (Å²) in [7, 11) is 0. The summed E-state index contributed by atoms with van der Waals surface area (Å²) in [5.41, 5.74) is 6.59. The van der Waals surface area contributed by atoms with E-state index in [4.69, 9.17) is 10.5 Å². The average molecular weight is 327 g/mol. The SMILES string of the molecule is CCC(CNC(=O)C1(N)CCCC1)Oc1ccccc1C.Cl. The van der Waals surface area contributed by atoms with Crippen molar-refractivity contribution in [2.45, 2.75) is 57.6 Å². The van der Waals surface area contributed by atoms with Crippen LogP contribution in [0.25, 0.3) is 0 Å². The van der Waals surface area contributed by atoms with E-state index in [0.29, 0.717) is 6.54 Å². The molecule has 0 radical (unpaired) electrons. The summed E-state index contributed by atoms with van der Waals surface area (Å²) in [5.74, 6) is 0.841. The molecule has 1 aliphatic rings. The second kappa shape index (κ2) is 8.39. The van der Waals surface area contributed by atoms with Crippen LogP contribution < -0.4 is 15.8 Å². The molecular formula is C17H27ClN2O2. The molecule has 1 amide bonds. The van der Waals surface area contributed by atoms with Crippen LogP contribution in [0.1, 0.15) is 44.6 Å². The van der Waals surface area contributed by atoms with Crippen LogP contribution in [0.4, 0.5) is 0 Å². The van der Waals surface area contributed by atoms with Gasteiger partial charge in [0.05, 0.1) is 12.1 Å². The zero-order valence-electron chi connectivity index (χ0n) is 13.4. The van der Waals surface area contributed by atoms with Crippen LogP contribution in [0.3, 0.4) is 0 Å². The molecule has 4 nitrogen and oxygen atoms in total. The summed E-state index contributed by atoms with van der Waals surface area (Å²) < 4.78 is 5.98. The predicted octanol–water partition coefficient (Wildman–Crippen LogP) is 2.96. The van der Waals surface area contributed by atoms with Crippen molar-refractivity contribution < 1.29 is 9.53 Å². The molecule has 1 atom stereocenters. The Balaban J connectivity index is 0.00000242. The summed E-state index contributed by atoms with van der Waals surface area (Å²) >= 11 is 0. The van der Waals surface area contributed by atoms with Gasteiger partial charge in [0.15, 0.2) is 0 Å². The molecule has 1 aliphatic carbocycles. The smallest absolute Gasteiger partial charge is 0.240 e. The highest BCUT2D eigenvalue weighted by Gasteiger charge is 2.36. The van der Waals surface area contributed by atoms with E-state index in [9.17, 15) is 4.79 Å². The third-order valence-electron chi connectivity index (χ3n) is 4.28. The lowest BCUT2D eigenvalue weighted by atomic mass is 9.98. The minimum Gasteiger partial charge on any atom is -0.488 e. The topological polar surface area (TPSA) is 64.4 Å². The maximum Gasteiger partial charge on any atom is 0.240 e. The van der Waals surface area contributed by atoms with Crippen LogP contribution >= 0.6 is 12.4 Å². The number of carbonyl (C=O) groups excluding carboxylic acids is 1. The predicted molar refractivity (Wildman–Crippen MR) is 91.5 cm³/mol. The van der Waals surface area contributed by atoms with E-state index >= 15 is 0 Å². The first-order valence-corrected chi connectivity index (χ1v) is 7.84. The van der Waals surface area contributed by atoms with Crippen molar-refractivity contribution in [3.8, 4) is 5.75 Å². The number of aryl methyl sites for hydroxylation is 1. The number of halogens is 1. The van der Waals surface area contributed by atoms with Crippen molar-refractivity contribution in [3.05, 3.63) is 29.8 Å². The van der Waals surface area contributed by atoms with Crippen molar-refractivity contribution in [2.24, 2.45) is 5.73 Å². The van der Waals surface area contributed by atoms with E-state index in [1.54, 1.807) is 0 Å². The van der Waals surface area contributed by atoms with Gasteiger partial charge in [0.1, 0.15) is 11.9 Å². The molecule has 2 rings (SSSR count). The minimum atomic E-state index is -0.666. The zero-order valence-corrected chi connectivity index (χ0v) is 14.2. The molecule has 0 saturated heterocycles. The number of nitrogens with two attached hydrogens (primary N) is 1. The van der Waals surface area contributed by atoms with Gasteiger partial charge in [-0.25, -0.2) is 0 Å². The lowest BCUT2D eigenvalue weighted by Crippen LogP contribution is -2.53. The van der Waals surface area contributed by atoms with Gasteiger partial charge in [0, 0.05) is 0 Å². The molecule has 124 valence electrons. The molecular weight excluding hydrogens is 300 g/mol. The molecule has 1 saturated carbocycles. The van der Waals surface area contributed by atoms with Gasteiger partial charge in [0.2, 0.25) is 5.91 Å². The number of benzene rings is 1. The minimum absolute atomic E-state index is 0. The fourth-order valence-corrected chi connectivity index (χ4v) is 2.75. The number of hydrogen-bond donors (Lipinski definition) is 2. The summed E-state index contributed by atoms with van der Waals surface area (Å²) in [4.78, 5) is 12.2. The zero-order chi connectivity index (χ0) is 15.3. The number of amides is 1. The fourth-order valence-electron chi connectivity index (χ4n) is 2.75. The molecule has 5 heteroatoms. The summed E-state index contributed by atoms with van der Waals surface area (Å²) in [6, 6.07) is 7.93. The van der Waals surface area contributed by atoms with Crippen LogP contribution in [0.5, 0.6) is 5.75 Å². The molecule has 1 fully saturated rings. The van der Waals surface area contributed by atoms with E-state index < -0.39 is 5.54 Å². The molecule has 0 aromatic heterocycles. The van der Waals surface area contributed by atoms with Gasteiger partial charge in [-0.2, -0.15) is 0 Å². The summed E-state index contributed by atoms with van der Waals surface area (Å²) in [6.45, 7) is 4.58. The highest BCUT2D eigenvalue weighted by Crippen LogP contribution is 2.27. The largest absolute Gasteiger partial charge is 0.488 e. The second-order valence-electron chi connectivity index (χ2n) is 5.99. The molecule has 3 N–H and O–H groups in total. The van der Waals surface area contributed by atoms with E-state index in [-0.39, 0.29) is 24.4 Å². The van der Waals surface area contributed by atoms with Crippen molar-refractivity contribution in [1.82, 2.24) is 5.32 Å². The maximum absolute atomic E-state index is 12.2. The first-order chi connectivity index (χ1) is 10.0. The van der Waals surface area contributed by atoms with Crippen molar-refractivity contribution in [3.63, 3.8) is 0 Å². The Morgan fingerprint density at radius 1 is 1.36 bits per heavy atom. The van der Waals surface area contributed by atoms with Crippen LogP contribution in [-0.2, 0) is 4.79 Å². The monoisotopic (exact) mass is 326 g/mol. The van der Waals surface area contributed by atoms with Gasteiger partial charge in [0.25, 0.3) is 0 Å². The van der Waals surface area contributed by atoms with E-state index in [2.05, 4.69) is 12.2 Å². The molecule has 22 heavy (non-hydrogen) atoms. The molecule has 1 aromatic carbocycles. The van der Waals surface area contributed by atoms with Crippen molar-refractivity contribution in [1.29, 1.82) is 0 Å². The average Bonchev–Trinajstić information content (AvgIpc) is 2.93. The quantitative estimate of drug-likeness (QED) is 0.844. The Morgan fingerprint density at radius 3 is 2.59 bits per heavy atom. The second-order valence-corrected chi connectivity index (χ2v) is 5.99. The Bertz CT molecular complexity index is 487.